The third kappa shape index (κ3) is 2.67. The van der Waals surface area contributed by atoms with E-state index >= 15 is 0 Å². The molecule has 0 N–H and O–H groups in total. The average Bonchev–Trinajstić information content (AvgIpc) is 2.53. The Hall–Kier alpha value is -1.49. The van der Waals surface area contributed by atoms with Crippen LogP contribution in [0.2, 0.25) is 0 Å². The molecule has 0 unspecified atom stereocenters. The van der Waals surface area contributed by atoms with Crippen LogP contribution in [-0.2, 0) is 0 Å². The van der Waals surface area contributed by atoms with Gasteiger partial charge in [-0.25, -0.2) is 8.78 Å². The SMILES string of the molecule is CN1CCCN(c2c(F)cc(C=O)cc2F)CC1. The van der Waals surface area contributed by atoms with Gasteiger partial charge in [0.25, 0.3) is 0 Å². The molecule has 18 heavy (non-hydrogen) atoms. The van der Waals surface area contributed by atoms with Crippen molar-refractivity contribution < 1.29 is 13.6 Å². The minimum Gasteiger partial charge on any atom is -0.365 e. The number of hydrogen-bond acceptors (Lipinski definition) is 3. The summed E-state index contributed by atoms with van der Waals surface area (Å²) < 4.78 is 27.7. The highest BCUT2D eigenvalue weighted by atomic mass is 19.1. The van der Waals surface area contributed by atoms with Gasteiger partial charge in [-0.15, -0.1) is 0 Å². The zero-order valence-corrected chi connectivity index (χ0v) is 10.3. The van der Waals surface area contributed by atoms with Crippen LogP contribution in [0.5, 0.6) is 0 Å². The van der Waals surface area contributed by atoms with E-state index in [1.807, 2.05) is 7.05 Å². The first kappa shape index (κ1) is 13.0. The summed E-state index contributed by atoms with van der Waals surface area (Å²) in [6, 6.07) is 2.17. The van der Waals surface area contributed by atoms with Crippen LogP contribution in [0.1, 0.15) is 16.8 Å². The third-order valence-corrected chi connectivity index (χ3v) is 3.21. The minimum atomic E-state index is -0.665. The summed E-state index contributed by atoms with van der Waals surface area (Å²) in [5.74, 6) is -1.33. The molecule has 0 atom stereocenters. The molecule has 1 aromatic rings. The van der Waals surface area contributed by atoms with E-state index in [4.69, 9.17) is 0 Å². The highest BCUT2D eigenvalue weighted by Crippen LogP contribution is 2.25. The second-order valence-corrected chi connectivity index (χ2v) is 4.59. The zero-order valence-electron chi connectivity index (χ0n) is 10.3. The lowest BCUT2D eigenvalue weighted by atomic mass is 10.2. The van der Waals surface area contributed by atoms with Crippen LogP contribution in [0, 0.1) is 11.6 Å². The van der Waals surface area contributed by atoms with Crippen molar-refractivity contribution in [1.29, 1.82) is 0 Å². The van der Waals surface area contributed by atoms with Crippen molar-refractivity contribution in [1.82, 2.24) is 4.90 Å². The molecule has 0 radical (unpaired) electrons. The lowest BCUT2D eigenvalue weighted by molar-refractivity contribution is 0.112. The van der Waals surface area contributed by atoms with Crippen LogP contribution in [0.4, 0.5) is 14.5 Å². The number of carbonyl (C=O) groups excluding carboxylic acids is 1. The monoisotopic (exact) mass is 254 g/mol. The topological polar surface area (TPSA) is 23.6 Å². The van der Waals surface area contributed by atoms with Gasteiger partial charge >= 0.3 is 0 Å². The van der Waals surface area contributed by atoms with Gasteiger partial charge in [0, 0.05) is 25.2 Å². The first-order chi connectivity index (χ1) is 8.61. The summed E-state index contributed by atoms with van der Waals surface area (Å²) in [5, 5.41) is 0. The van der Waals surface area contributed by atoms with Gasteiger partial charge in [0.05, 0.1) is 0 Å². The number of anilines is 1. The number of likely N-dealkylation sites (N-methyl/N-ethyl adjacent to an activating group) is 1. The highest BCUT2D eigenvalue weighted by Gasteiger charge is 2.20. The molecular formula is C13H16F2N2O. The van der Waals surface area contributed by atoms with E-state index in [0.29, 0.717) is 19.4 Å². The van der Waals surface area contributed by atoms with Gasteiger partial charge < -0.3 is 9.80 Å². The molecule has 98 valence electrons. The van der Waals surface area contributed by atoms with Crippen molar-refractivity contribution in [2.75, 3.05) is 38.1 Å². The Balaban J connectivity index is 2.29. The molecule has 0 bridgehead atoms. The van der Waals surface area contributed by atoms with Gasteiger partial charge in [0.1, 0.15) is 23.6 Å². The van der Waals surface area contributed by atoms with Crippen LogP contribution in [-0.4, -0.2) is 44.4 Å². The van der Waals surface area contributed by atoms with Crippen molar-refractivity contribution in [3.63, 3.8) is 0 Å². The van der Waals surface area contributed by atoms with Gasteiger partial charge in [-0.05, 0) is 32.1 Å². The molecule has 5 heteroatoms. The third-order valence-electron chi connectivity index (χ3n) is 3.21. The Morgan fingerprint density at radius 3 is 2.39 bits per heavy atom. The maximum absolute atomic E-state index is 13.9. The van der Waals surface area contributed by atoms with E-state index in [-0.39, 0.29) is 11.3 Å². The fourth-order valence-electron chi connectivity index (χ4n) is 2.23. The van der Waals surface area contributed by atoms with Crippen molar-refractivity contribution in [3.05, 3.63) is 29.3 Å². The second kappa shape index (κ2) is 5.44. The Morgan fingerprint density at radius 1 is 1.11 bits per heavy atom. The van der Waals surface area contributed by atoms with Gasteiger partial charge in [-0.2, -0.15) is 0 Å². The first-order valence-electron chi connectivity index (χ1n) is 5.99. The van der Waals surface area contributed by atoms with Crippen molar-refractivity contribution in [2.24, 2.45) is 0 Å². The van der Waals surface area contributed by atoms with E-state index < -0.39 is 11.6 Å². The van der Waals surface area contributed by atoms with Crippen LogP contribution < -0.4 is 4.90 Å². The van der Waals surface area contributed by atoms with E-state index in [1.54, 1.807) is 4.90 Å². The molecule has 1 aromatic carbocycles. The molecule has 1 aliphatic heterocycles. The molecule has 0 aliphatic carbocycles. The zero-order chi connectivity index (χ0) is 13.1. The number of nitrogens with zero attached hydrogens (tertiary/aromatic N) is 2. The number of hydrogen-bond donors (Lipinski definition) is 0. The fourth-order valence-corrected chi connectivity index (χ4v) is 2.23. The molecule has 2 rings (SSSR count). The van der Waals surface area contributed by atoms with Gasteiger partial charge in [0.15, 0.2) is 0 Å². The summed E-state index contributed by atoms with van der Waals surface area (Å²) in [4.78, 5) is 14.4. The Bertz CT molecular complexity index is 428. The highest BCUT2D eigenvalue weighted by molar-refractivity contribution is 5.76. The summed E-state index contributed by atoms with van der Waals surface area (Å²) in [5.41, 5.74) is 0.0107. The second-order valence-electron chi connectivity index (χ2n) is 4.59. The maximum Gasteiger partial charge on any atom is 0.150 e. The van der Waals surface area contributed by atoms with Crippen molar-refractivity contribution >= 4 is 12.0 Å². The van der Waals surface area contributed by atoms with E-state index in [1.165, 1.54) is 0 Å². The minimum absolute atomic E-state index is 0.0177. The molecule has 0 amide bonds. The molecular weight excluding hydrogens is 238 g/mol. The molecule has 0 aromatic heterocycles. The molecule has 1 heterocycles. The first-order valence-corrected chi connectivity index (χ1v) is 5.99. The molecule has 1 saturated heterocycles. The standard InChI is InChI=1S/C13H16F2N2O/c1-16-3-2-4-17(6-5-16)13-11(14)7-10(9-18)8-12(13)15/h7-9H,2-6H2,1H3. The summed E-state index contributed by atoms with van der Waals surface area (Å²) in [6.07, 6.45) is 1.32. The number of halogens is 2. The Labute approximate surface area is 105 Å². The predicted octanol–water partition coefficient (Wildman–Crippen LogP) is 1.92. The summed E-state index contributed by atoms with van der Waals surface area (Å²) in [7, 11) is 1.99. The Morgan fingerprint density at radius 2 is 1.78 bits per heavy atom. The Kier molecular flexibility index (Phi) is 3.91. The number of benzene rings is 1. The van der Waals surface area contributed by atoms with E-state index in [9.17, 15) is 13.6 Å². The van der Waals surface area contributed by atoms with Gasteiger partial charge in [-0.3, -0.25) is 4.79 Å². The number of rotatable bonds is 2. The summed E-state index contributed by atoms with van der Waals surface area (Å²) >= 11 is 0. The smallest absolute Gasteiger partial charge is 0.150 e. The van der Waals surface area contributed by atoms with Crippen LogP contribution in [0.15, 0.2) is 12.1 Å². The lowest BCUT2D eigenvalue weighted by Gasteiger charge is -2.23. The normalized spacial score (nSPS) is 17.6. The molecule has 3 nitrogen and oxygen atoms in total. The van der Waals surface area contributed by atoms with Crippen molar-refractivity contribution in [3.8, 4) is 0 Å². The van der Waals surface area contributed by atoms with Crippen LogP contribution in [0.3, 0.4) is 0 Å². The van der Waals surface area contributed by atoms with Gasteiger partial charge in [-0.1, -0.05) is 0 Å². The average molecular weight is 254 g/mol. The largest absolute Gasteiger partial charge is 0.365 e. The van der Waals surface area contributed by atoms with Crippen LogP contribution in [0.25, 0.3) is 0 Å². The molecule has 1 aliphatic rings. The molecule has 0 saturated carbocycles. The van der Waals surface area contributed by atoms with E-state index in [0.717, 1.165) is 31.6 Å². The van der Waals surface area contributed by atoms with Crippen LogP contribution >= 0.6 is 0 Å². The number of aldehydes is 1. The maximum atomic E-state index is 13.9. The fraction of sp³-hybridized carbons (Fsp3) is 0.462. The van der Waals surface area contributed by atoms with Gasteiger partial charge in [0.2, 0.25) is 0 Å². The molecule has 0 spiro atoms. The quantitative estimate of drug-likeness (QED) is 0.753. The lowest BCUT2D eigenvalue weighted by Crippen LogP contribution is -2.30. The number of carbonyl (C=O) groups is 1. The van der Waals surface area contributed by atoms with E-state index in [2.05, 4.69) is 4.90 Å². The van der Waals surface area contributed by atoms with Crippen molar-refractivity contribution in [2.45, 2.75) is 6.42 Å². The predicted molar refractivity (Wildman–Crippen MR) is 66.1 cm³/mol. The summed E-state index contributed by atoms with van der Waals surface area (Å²) in [6.45, 7) is 2.91. The molecule has 1 fully saturated rings.